The number of aromatic nitrogens is 1. The first-order valence-corrected chi connectivity index (χ1v) is 7.76. The highest BCUT2D eigenvalue weighted by Crippen LogP contribution is 2.31. The van der Waals surface area contributed by atoms with Crippen LogP contribution in [0.1, 0.15) is 56.3 Å². The third-order valence-corrected chi connectivity index (χ3v) is 4.02. The molecule has 104 valence electrons. The van der Waals surface area contributed by atoms with Crippen molar-refractivity contribution < 1.29 is 4.74 Å². The number of aryl methyl sites for hydroxylation is 1. The fourth-order valence-electron chi connectivity index (χ4n) is 1.91. The Hall–Kier alpha value is -0.450. The molecule has 1 heterocycles. The number of nitrogens with zero attached hydrogens (tertiary/aromatic N) is 1. The number of ether oxygens (including phenoxy) is 1. The van der Waals surface area contributed by atoms with Crippen molar-refractivity contribution in [2.75, 3.05) is 13.2 Å². The standard InChI is InChI=1S/C14H26N2OS/c1-6-11-12(9-15-7-2)18-14(16-11)13(10(4)5)17-8-3/h10,13,15H,6-9H2,1-5H3. The SMILES string of the molecule is CCNCc1sc(C(OCC)C(C)C)nc1CC. The molecule has 0 fully saturated rings. The smallest absolute Gasteiger partial charge is 0.122 e. The second-order valence-electron chi connectivity index (χ2n) is 4.68. The Balaban J connectivity index is 2.90. The molecule has 0 radical (unpaired) electrons. The van der Waals surface area contributed by atoms with Crippen molar-refractivity contribution in [3.63, 3.8) is 0 Å². The first kappa shape index (κ1) is 15.6. The van der Waals surface area contributed by atoms with Crippen LogP contribution in [0.2, 0.25) is 0 Å². The molecule has 0 spiro atoms. The van der Waals surface area contributed by atoms with Gasteiger partial charge in [0.15, 0.2) is 0 Å². The van der Waals surface area contributed by atoms with Crippen LogP contribution >= 0.6 is 11.3 Å². The summed E-state index contributed by atoms with van der Waals surface area (Å²) in [5.41, 5.74) is 1.22. The maximum absolute atomic E-state index is 5.83. The minimum absolute atomic E-state index is 0.140. The van der Waals surface area contributed by atoms with Crippen LogP contribution in [0.15, 0.2) is 0 Å². The summed E-state index contributed by atoms with van der Waals surface area (Å²) in [6.07, 6.45) is 1.13. The van der Waals surface area contributed by atoms with E-state index in [4.69, 9.17) is 9.72 Å². The highest BCUT2D eigenvalue weighted by molar-refractivity contribution is 7.11. The molecule has 1 rings (SSSR count). The third kappa shape index (κ3) is 4.04. The molecular weight excluding hydrogens is 244 g/mol. The number of thiazole rings is 1. The van der Waals surface area contributed by atoms with Gasteiger partial charge in [0.25, 0.3) is 0 Å². The van der Waals surface area contributed by atoms with Gasteiger partial charge in [-0.05, 0) is 25.8 Å². The van der Waals surface area contributed by atoms with Crippen LogP contribution in [-0.4, -0.2) is 18.1 Å². The monoisotopic (exact) mass is 270 g/mol. The lowest BCUT2D eigenvalue weighted by Crippen LogP contribution is -2.11. The van der Waals surface area contributed by atoms with E-state index in [1.807, 2.05) is 6.92 Å². The van der Waals surface area contributed by atoms with Crippen LogP contribution in [0.3, 0.4) is 0 Å². The van der Waals surface area contributed by atoms with Gasteiger partial charge < -0.3 is 10.1 Å². The van der Waals surface area contributed by atoms with E-state index in [1.54, 1.807) is 11.3 Å². The first-order chi connectivity index (χ1) is 8.63. The molecule has 1 aromatic rings. The predicted octanol–water partition coefficient (Wildman–Crippen LogP) is 3.55. The molecule has 1 atom stereocenters. The Kier molecular flexibility index (Phi) is 6.82. The highest BCUT2D eigenvalue weighted by atomic mass is 32.1. The van der Waals surface area contributed by atoms with Crippen LogP contribution in [0.25, 0.3) is 0 Å². The molecule has 1 N–H and O–H groups in total. The lowest BCUT2D eigenvalue weighted by molar-refractivity contribution is 0.0292. The van der Waals surface area contributed by atoms with E-state index in [0.717, 1.165) is 31.1 Å². The Bertz CT molecular complexity index is 350. The zero-order valence-electron chi connectivity index (χ0n) is 12.2. The lowest BCUT2D eigenvalue weighted by Gasteiger charge is -2.18. The molecule has 1 aromatic heterocycles. The van der Waals surface area contributed by atoms with E-state index in [1.165, 1.54) is 10.6 Å². The summed E-state index contributed by atoms with van der Waals surface area (Å²) in [7, 11) is 0. The molecule has 3 nitrogen and oxygen atoms in total. The summed E-state index contributed by atoms with van der Waals surface area (Å²) in [5, 5.41) is 4.52. The van der Waals surface area contributed by atoms with E-state index in [9.17, 15) is 0 Å². The molecule has 4 heteroatoms. The van der Waals surface area contributed by atoms with Crippen molar-refractivity contribution in [2.45, 2.75) is 53.7 Å². The minimum atomic E-state index is 0.140. The van der Waals surface area contributed by atoms with Gasteiger partial charge in [0.2, 0.25) is 0 Å². The maximum Gasteiger partial charge on any atom is 0.122 e. The third-order valence-electron chi connectivity index (χ3n) is 2.86. The minimum Gasteiger partial charge on any atom is -0.371 e. The van der Waals surface area contributed by atoms with Gasteiger partial charge in [-0.15, -0.1) is 11.3 Å². The van der Waals surface area contributed by atoms with Crippen LogP contribution in [0.4, 0.5) is 0 Å². The van der Waals surface area contributed by atoms with Gasteiger partial charge in [0.1, 0.15) is 11.1 Å². The summed E-state index contributed by atoms with van der Waals surface area (Å²) >= 11 is 1.80. The van der Waals surface area contributed by atoms with Gasteiger partial charge in [-0.25, -0.2) is 4.98 Å². The largest absolute Gasteiger partial charge is 0.371 e. The van der Waals surface area contributed by atoms with Crippen LogP contribution in [-0.2, 0) is 17.7 Å². The molecular formula is C14H26N2OS. The number of hydrogen-bond acceptors (Lipinski definition) is 4. The van der Waals surface area contributed by atoms with Crippen LogP contribution in [0.5, 0.6) is 0 Å². The van der Waals surface area contributed by atoms with Crippen molar-refractivity contribution in [2.24, 2.45) is 5.92 Å². The fourth-order valence-corrected chi connectivity index (χ4v) is 3.25. The van der Waals surface area contributed by atoms with Crippen molar-refractivity contribution in [3.8, 4) is 0 Å². The normalized spacial score (nSPS) is 13.2. The fraction of sp³-hybridized carbons (Fsp3) is 0.786. The molecule has 0 saturated heterocycles. The summed E-state index contributed by atoms with van der Waals surface area (Å²) in [4.78, 5) is 6.14. The van der Waals surface area contributed by atoms with E-state index in [-0.39, 0.29) is 6.10 Å². The van der Waals surface area contributed by atoms with E-state index in [0.29, 0.717) is 5.92 Å². The highest BCUT2D eigenvalue weighted by Gasteiger charge is 2.21. The molecule has 1 unspecified atom stereocenters. The zero-order valence-corrected chi connectivity index (χ0v) is 13.1. The molecule has 0 aliphatic carbocycles. The number of hydrogen-bond donors (Lipinski definition) is 1. The summed E-state index contributed by atoms with van der Waals surface area (Å²) in [6, 6.07) is 0. The van der Waals surface area contributed by atoms with Crippen molar-refractivity contribution in [1.82, 2.24) is 10.3 Å². The Morgan fingerprint density at radius 1 is 1.28 bits per heavy atom. The Morgan fingerprint density at radius 2 is 2.00 bits per heavy atom. The molecule has 0 amide bonds. The second kappa shape index (κ2) is 7.87. The predicted molar refractivity (Wildman–Crippen MR) is 78.1 cm³/mol. The molecule has 0 aliphatic rings. The average Bonchev–Trinajstić information content (AvgIpc) is 2.75. The van der Waals surface area contributed by atoms with Gasteiger partial charge in [0.05, 0.1) is 5.69 Å². The van der Waals surface area contributed by atoms with Crippen molar-refractivity contribution >= 4 is 11.3 Å². The molecule has 0 aliphatic heterocycles. The molecule has 0 bridgehead atoms. The molecule has 18 heavy (non-hydrogen) atoms. The summed E-state index contributed by atoms with van der Waals surface area (Å²) in [6.45, 7) is 13.4. The van der Waals surface area contributed by atoms with E-state index < -0.39 is 0 Å². The topological polar surface area (TPSA) is 34.1 Å². The van der Waals surface area contributed by atoms with Gasteiger partial charge in [-0.2, -0.15) is 0 Å². The average molecular weight is 270 g/mol. The summed E-state index contributed by atoms with van der Waals surface area (Å²) in [5.74, 6) is 0.466. The van der Waals surface area contributed by atoms with Crippen molar-refractivity contribution in [3.05, 3.63) is 15.6 Å². The maximum atomic E-state index is 5.83. The lowest BCUT2D eigenvalue weighted by atomic mass is 10.1. The Morgan fingerprint density at radius 3 is 2.50 bits per heavy atom. The van der Waals surface area contributed by atoms with Gasteiger partial charge in [0, 0.05) is 18.0 Å². The summed E-state index contributed by atoms with van der Waals surface area (Å²) < 4.78 is 5.83. The van der Waals surface area contributed by atoms with E-state index >= 15 is 0 Å². The Labute approximate surface area is 115 Å². The zero-order chi connectivity index (χ0) is 13.5. The number of rotatable bonds is 8. The van der Waals surface area contributed by atoms with Gasteiger partial charge >= 0.3 is 0 Å². The number of nitrogens with one attached hydrogen (secondary N) is 1. The molecule has 0 aromatic carbocycles. The quantitative estimate of drug-likeness (QED) is 0.784. The van der Waals surface area contributed by atoms with Gasteiger partial charge in [-0.1, -0.05) is 27.7 Å². The van der Waals surface area contributed by atoms with E-state index in [2.05, 4.69) is 33.0 Å². The van der Waals surface area contributed by atoms with Crippen molar-refractivity contribution in [1.29, 1.82) is 0 Å². The van der Waals surface area contributed by atoms with Crippen LogP contribution in [0, 0.1) is 5.92 Å². The molecule has 0 saturated carbocycles. The van der Waals surface area contributed by atoms with Crippen LogP contribution < -0.4 is 5.32 Å². The first-order valence-electron chi connectivity index (χ1n) is 6.94. The second-order valence-corrected chi connectivity index (χ2v) is 5.79. The van der Waals surface area contributed by atoms with Gasteiger partial charge in [-0.3, -0.25) is 0 Å².